The maximum absolute atomic E-state index is 11.8. The van der Waals surface area contributed by atoms with Crippen LogP contribution in [0.3, 0.4) is 0 Å². The summed E-state index contributed by atoms with van der Waals surface area (Å²) in [5.74, 6) is -0.0625. The third-order valence-corrected chi connectivity index (χ3v) is 3.43. The number of hydrogen-bond acceptors (Lipinski definition) is 4. The maximum atomic E-state index is 11.8. The van der Waals surface area contributed by atoms with Crippen molar-refractivity contribution in [1.29, 1.82) is 0 Å². The van der Waals surface area contributed by atoms with Gasteiger partial charge in [-0.05, 0) is 26.8 Å². The highest BCUT2D eigenvalue weighted by Crippen LogP contribution is 2.22. The first-order valence-electron chi connectivity index (χ1n) is 6.78. The molecule has 5 nitrogen and oxygen atoms in total. The number of carbonyl (C=O) groups excluding carboxylic acids is 1. The third-order valence-electron chi connectivity index (χ3n) is 3.43. The molecule has 0 bridgehead atoms. The van der Waals surface area contributed by atoms with Gasteiger partial charge in [-0.15, -0.1) is 0 Å². The van der Waals surface area contributed by atoms with Crippen molar-refractivity contribution in [3.63, 3.8) is 0 Å². The number of ether oxygens (including phenoxy) is 2. The quantitative estimate of drug-likeness (QED) is 0.660. The zero-order valence-corrected chi connectivity index (χ0v) is 11.7. The van der Waals surface area contributed by atoms with Gasteiger partial charge in [-0.25, -0.2) is 0 Å². The normalized spacial score (nSPS) is 25.7. The Balaban J connectivity index is 2.32. The fourth-order valence-electron chi connectivity index (χ4n) is 2.33. The lowest BCUT2D eigenvalue weighted by atomic mass is 9.92. The van der Waals surface area contributed by atoms with Crippen LogP contribution in [-0.2, 0) is 14.3 Å². The standard InChI is InChI=1S/C13H26N2O3/c1-10(13(16)15-8-9-17-3)18-12-7-5-4-6-11(12)14-2/h10-12,14H,4-9H2,1-3H3,(H,15,16). The first-order chi connectivity index (χ1) is 8.69. The van der Waals surface area contributed by atoms with Gasteiger partial charge in [0, 0.05) is 19.7 Å². The molecule has 0 aromatic carbocycles. The van der Waals surface area contributed by atoms with Crippen molar-refractivity contribution in [2.45, 2.75) is 50.9 Å². The minimum Gasteiger partial charge on any atom is -0.383 e. The smallest absolute Gasteiger partial charge is 0.248 e. The molecule has 1 rings (SSSR count). The second kappa shape index (κ2) is 8.45. The van der Waals surface area contributed by atoms with E-state index in [0.29, 0.717) is 19.2 Å². The van der Waals surface area contributed by atoms with Crippen molar-refractivity contribution in [3.8, 4) is 0 Å². The minimum atomic E-state index is -0.402. The van der Waals surface area contributed by atoms with Gasteiger partial charge < -0.3 is 20.1 Å². The summed E-state index contributed by atoms with van der Waals surface area (Å²) in [6.07, 6.45) is 4.31. The number of likely N-dealkylation sites (N-methyl/N-ethyl adjacent to an activating group) is 1. The molecule has 18 heavy (non-hydrogen) atoms. The Morgan fingerprint density at radius 1 is 1.39 bits per heavy atom. The Morgan fingerprint density at radius 3 is 2.78 bits per heavy atom. The molecule has 1 aliphatic carbocycles. The predicted octanol–water partition coefficient (Wildman–Crippen LogP) is 0.685. The molecule has 0 spiro atoms. The summed E-state index contributed by atoms with van der Waals surface area (Å²) in [6, 6.07) is 0.368. The number of nitrogens with one attached hydrogen (secondary N) is 2. The first-order valence-corrected chi connectivity index (χ1v) is 6.78. The molecule has 0 heterocycles. The molecular formula is C13H26N2O3. The van der Waals surface area contributed by atoms with Crippen LogP contribution in [0.2, 0.25) is 0 Å². The van der Waals surface area contributed by atoms with Crippen molar-refractivity contribution in [3.05, 3.63) is 0 Å². The monoisotopic (exact) mass is 258 g/mol. The molecule has 1 aliphatic rings. The zero-order chi connectivity index (χ0) is 13.4. The van der Waals surface area contributed by atoms with E-state index in [4.69, 9.17) is 9.47 Å². The highest BCUT2D eigenvalue weighted by atomic mass is 16.5. The van der Waals surface area contributed by atoms with Gasteiger partial charge in [0.15, 0.2) is 0 Å². The molecule has 0 aliphatic heterocycles. The summed E-state index contributed by atoms with van der Waals surface area (Å²) < 4.78 is 10.8. The lowest BCUT2D eigenvalue weighted by Crippen LogP contribution is -2.46. The van der Waals surface area contributed by atoms with Crippen molar-refractivity contribution < 1.29 is 14.3 Å². The molecule has 0 saturated heterocycles. The van der Waals surface area contributed by atoms with Crippen molar-refractivity contribution in [1.82, 2.24) is 10.6 Å². The second-order valence-corrected chi connectivity index (χ2v) is 4.78. The summed E-state index contributed by atoms with van der Waals surface area (Å²) in [7, 11) is 3.57. The Hall–Kier alpha value is -0.650. The molecule has 3 atom stereocenters. The minimum absolute atomic E-state index is 0.0625. The van der Waals surface area contributed by atoms with Crippen LogP contribution in [0.15, 0.2) is 0 Å². The van der Waals surface area contributed by atoms with Crippen LogP contribution < -0.4 is 10.6 Å². The number of rotatable bonds is 7. The van der Waals surface area contributed by atoms with E-state index in [9.17, 15) is 4.79 Å². The van der Waals surface area contributed by atoms with E-state index in [1.54, 1.807) is 7.11 Å². The summed E-state index contributed by atoms with van der Waals surface area (Å²) in [4.78, 5) is 11.8. The van der Waals surface area contributed by atoms with Gasteiger partial charge in [0.25, 0.3) is 0 Å². The first kappa shape index (κ1) is 15.4. The van der Waals surface area contributed by atoms with E-state index >= 15 is 0 Å². The molecule has 0 aromatic heterocycles. The van der Waals surface area contributed by atoms with Gasteiger partial charge >= 0.3 is 0 Å². The van der Waals surface area contributed by atoms with Gasteiger partial charge in [0.1, 0.15) is 6.10 Å². The molecule has 5 heteroatoms. The average Bonchev–Trinajstić information content (AvgIpc) is 2.39. The SMILES string of the molecule is CNC1CCCCC1OC(C)C(=O)NCCOC. The zero-order valence-electron chi connectivity index (χ0n) is 11.7. The number of hydrogen-bond donors (Lipinski definition) is 2. The number of amides is 1. The molecule has 0 radical (unpaired) electrons. The van der Waals surface area contributed by atoms with Crippen LogP contribution in [0.25, 0.3) is 0 Å². The van der Waals surface area contributed by atoms with Crippen molar-refractivity contribution in [2.24, 2.45) is 0 Å². The van der Waals surface area contributed by atoms with E-state index in [2.05, 4.69) is 10.6 Å². The van der Waals surface area contributed by atoms with Crippen LogP contribution in [0.1, 0.15) is 32.6 Å². The van der Waals surface area contributed by atoms with Crippen LogP contribution >= 0.6 is 0 Å². The van der Waals surface area contributed by atoms with Crippen LogP contribution in [0.4, 0.5) is 0 Å². The van der Waals surface area contributed by atoms with Crippen LogP contribution in [0.5, 0.6) is 0 Å². The van der Waals surface area contributed by atoms with Crippen LogP contribution in [-0.4, -0.2) is 51.5 Å². The van der Waals surface area contributed by atoms with Gasteiger partial charge in [-0.2, -0.15) is 0 Å². The summed E-state index contributed by atoms with van der Waals surface area (Å²) in [5, 5.41) is 6.07. The molecule has 2 N–H and O–H groups in total. The van der Waals surface area contributed by atoms with E-state index in [1.165, 1.54) is 12.8 Å². The van der Waals surface area contributed by atoms with Crippen molar-refractivity contribution in [2.75, 3.05) is 27.3 Å². The van der Waals surface area contributed by atoms with Gasteiger partial charge in [0.05, 0.1) is 12.7 Å². The maximum Gasteiger partial charge on any atom is 0.248 e. The second-order valence-electron chi connectivity index (χ2n) is 4.78. The third kappa shape index (κ3) is 4.92. The molecule has 0 aromatic rings. The summed E-state index contributed by atoms with van der Waals surface area (Å²) in [6.45, 7) is 2.87. The average molecular weight is 258 g/mol. The highest BCUT2D eigenvalue weighted by molar-refractivity contribution is 5.80. The molecule has 3 unspecified atom stereocenters. The Morgan fingerprint density at radius 2 is 2.11 bits per heavy atom. The van der Waals surface area contributed by atoms with Gasteiger partial charge in [-0.3, -0.25) is 4.79 Å². The van der Waals surface area contributed by atoms with Crippen molar-refractivity contribution >= 4 is 5.91 Å². The Bertz CT molecular complexity index is 248. The molecule has 106 valence electrons. The van der Waals surface area contributed by atoms with E-state index < -0.39 is 6.10 Å². The number of methoxy groups -OCH3 is 1. The Kier molecular flexibility index (Phi) is 7.23. The van der Waals surface area contributed by atoms with E-state index in [-0.39, 0.29) is 12.0 Å². The lowest BCUT2D eigenvalue weighted by Gasteiger charge is -2.32. The number of carbonyl (C=O) groups is 1. The lowest BCUT2D eigenvalue weighted by molar-refractivity contribution is -0.137. The summed E-state index contributed by atoms with van der Waals surface area (Å²) in [5.41, 5.74) is 0. The fraction of sp³-hybridized carbons (Fsp3) is 0.923. The predicted molar refractivity (Wildman–Crippen MR) is 70.5 cm³/mol. The largest absolute Gasteiger partial charge is 0.383 e. The summed E-state index contributed by atoms with van der Waals surface area (Å²) >= 11 is 0. The molecule has 1 fully saturated rings. The molecule has 1 saturated carbocycles. The van der Waals surface area contributed by atoms with E-state index in [1.807, 2.05) is 14.0 Å². The Labute approximate surface area is 110 Å². The van der Waals surface area contributed by atoms with Gasteiger partial charge in [-0.1, -0.05) is 12.8 Å². The highest BCUT2D eigenvalue weighted by Gasteiger charge is 2.27. The van der Waals surface area contributed by atoms with Gasteiger partial charge in [0.2, 0.25) is 5.91 Å². The topological polar surface area (TPSA) is 59.6 Å². The fourth-order valence-corrected chi connectivity index (χ4v) is 2.33. The molecule has 1 amide bonds. The molecular weight excluding hydrogens is 232 g/mol. The van der Waals surface area contributed by atoms with E-state index in [0.717, 1.165) is 12.8 Å². The van der Waals surface area contributed by atoms with Crippen LogP contribution in [0, 0.1) is 0 Å².